The molecule has 0 aliphatic carbocycles. The lowest BCUT2D eigenvalue weighted by Crippen LogP contribution is -2.28. The highest BCUT2D eigenvalue weighted by atomic mass is 35.5. The van der Waals surface area contributed by atoms with Gasteiger partial charge in [0.05, 0.1) is 5.69 Å². The number of hydrogen-bond acceptors (Lipinski definition) is 3. The molecule has 6 heteroatoms. The quantitative estimate of drug-likeness (QED) is 0.502. The maximum Gasteiger partial charge on any atom is 0.319 e. The van der Waals surface area contributed by atoms with Gasteiger partial charge in [-0.1, -0.05) is 35.9 Å². The molecule has 3 N–H and O–H groups in total. The zero-order valence-corrected chi connectivity index (χ0v) is 17.3. The highest BCUT2D eigenvalue weighted by Gasteiger charge is 2.07. The Morgan fingerprint density at radius 2 is 1.76 bits per heavy atom. The van der Waals surface area contributed by atoms with Crippen molar-refractivity contribution in [3.05, 3.63) is 94.3 Å². The maximum atomic E-state index is 12.1. The molecule has 0 aliphatic heterocycles. The van der Waals surface area contributed by atoms with Crippen LogP contribution >= 0.6 is 11.6 Å². The number of amides is 2. The van der Waals surface area contributed by atoms with Gasteiger partial charge in [0.2, 0.25) is 0 Å². The van der Waals surface area contributed by atoms with Crippen molar-refractivity contribution < 1.29 is 4.79 Å². The Hall–Kier alpha value is -2.89. The number of nitrogens with zero attached hydrogens (tertiary/aromatic N) is 1. The van der Waals surface area contributed by atoms with Gasteiger partial charge in [0, 0.05) is 36.0 Å². The van der Waals surface area contributed by atoms with E-state index in [4.69, 9.17) is 11.6 Å². The molecule has 0 saturated carbocycles. The van der Waals surface area contributed by atoms with E-state index in [1.165, 1.54) is 5.56 Å². The van der Waals surface area contributed by atoms with Gasteiger partial charge in [-0.05, 0) is 66.9 Å². The van der Waals surface area contributed by atoms with Crippen LogP contribution in [0.2, 0.25) is 5.02 Å². The fourth-order valence-corrected chi connectivity index (χ4v) is 3.01. The summed E-state index contributed by atoms with van der Waals surface area (Å²) >= 11 is 5.87. The minimum atomic E-state index is -0.246. The van der Waals surface area contributed by atoms with E-state index in [0.717, 1.165) is 22.5 Å². The summed E-state index contributed by atoms with van der Waals surface area (Å²) in [6.07, 6.45) is 1.83. The molecule has 1 aromatic heterocycles. The Bertz CT molecular complexity index is 942. The fourth-order valence-electron chi connectivity index (χ4n) is 2.89. The lowest BCUT2D eigenvalue weighted by atomic mass is 10.1. The SMILES string of the molecule is Cc1ccnc(CN[C@@H](C)c2ccc(NC(=O)NCc3ccc(Cl)cc3)cc2)c1. The van der Waals surface area contributed by atoms with E-state index in [9.17, 15) is 4.79 Å². The molecule has 1 atom stereocenters. The maximum absolute atomic E-state index is 12.1. The Balaban J connectivity index is 1.47. The number of rotatable bonds is 7. The molecule has 0 spiro atoms. The van der Waals surface area contributed by atoms with Crippen LogP contribution in [-0.4, -0.2) is 11.0 Å². The largest absolute Gasteiger partial charge is 0.334 e. The summed E-state index contributed by atoms with van der Waals surface area (Å²) in [5.74, 6) is 0. The Kier molecular flexibility index (Phi) is 7.22. The van der Waals surface area contributed by atoms with Crippen LogP contribution in [0.4, 0.5) is 10.5 Å². The molecule has 0 saturated heterocycles. The second-order valence-electron chi connectivity index (χ2n) is 6.98. The predicted molar refractivity (Wildman–Crippen MR) is 118 cm³/mol. The van der Waals surface area contributed by atoms with Crippen molar-refractivity contribution >= 4 is 23.3 Å². The number of aromatic nitrogens is 1. The molecule has 3 aromatic rings. The van der Waals surface area contributed by atoms with Crippen molar-refractivity contribution in [3.8, 4) is 0 Å². The standard InChI is InChI=1S/C23H25ClN4O/c1-16-11-12-25-22(13-16)15-26-17(2)19-5-9-21(10-6-19)28-23(29)27-14-18-3-7-20(24)8-4-18/h3-13,17,26H,14-15H2,1-2H3,(H2,27,28,29)/t17-/m0/s1. The first-order valence-electron chi connectivity index (χ1n) is 9.54. The van der Waals surface area contributed by atoms with Gasteiger partial charge in [0.25, 0.3) is 0 Å². The van der Waals surface area contributed by atoms with Crippen molar-refractivity contribution in [1.29, 1.82) is 0 Å². The highest BCUT2D eigenvalue weighted by Crippen LogP contribution is 2.17. The third kappa shape index (κ3) is 6.59. The van der Waals surface area contributed by atoms with Gasteiger partial charge >= 0.3 is 6.03 Å². The highest BCUT2D eigenvalue weighted by molar-refractivity contribution is 6.30. The number of urea groups is 1. The first kappa shape index (κ1) is 20.8. The molecule has 3 rings (SSSR count). The summed E-state index contributed by atoms with van der Waals surface area (Å²) in [5, 5.41) is 9.83. The van der Waals surface area contributed by atoms with E-state index in [2.05, 4.69) is 40.8 Å². The topological polar surface area (TPSA) is 66.0 Å². The van der Waals surface area contributed by atoms with E-state index in [1.54, 1.807) is 12.1 Å². The van der Waals surface area contributed by atoms with Crippen LogP contribution in [-0.2, 0) is 13.1 Å². The third-order valence-electron chi connectivity index (χ3n) is 4.60. The number of nitrogens with one attached hydrogen (secondary N) is 3. The molecule has 0 aliphatic rings. The summed E-state index contributed by atoms with van der Waals surface area (Å²) in [4.78, 5) is 16.5. The Morgan fingerprint density at radius 1 is 1.03 bits per heavy atom. The summed E-state index contributed by atoms with van der Waals surface area (Å²) in [5.41, 5.74) is 5.10. The molecule has 29 heavy (non-hydrogen) atoms. The zero-order valence-electron chi connectivity index (χ0n) is 16.6. The van der Waals surface area contributed by atoms with Crippen LogP contribution in [0.25, 0.3) is 0 Å². The number of pyridine rings is 1. The van der Waals surface area contributed by atoms with Crippen molar-refractivity contribution in [1.82, 2.24) is 15.6 Å². The van der Waals surface area contributed by atoms with Gasteiger partial charge in [-0.3, -0.25) is 4.98 Å². The summed E-state index contributed by atoms with van der Waals surface area (Å²) in [6, 6.07) is 19.2. The number of anilines is 1. The fraction of sp³-hybridized carbons (Fsp3) is 0.217. The second kappa shape index (κ2) is 10.0. The van der Waals surface area contributed by atoms with Crippen LogP contribution in [0.3, 0.4) is 0 Å². The van der Waals surface area contributed by atoms with Crippen molar-refractivity contribution in [2.24, 2.45) is 0 Å². The normalized spacial score (nSPS) is 11.7. The number of halogens is 1. The molecular weight excluding hydrogens is 384 g/mol. The molecule has 2 amide bonds. The summed E-state index contributed by atoms with van der Waals surface area (Å²) < 4.78 is 0. The molecule has 0 bridgehead atoms. The number of carbonyl (C=O) groups excluding carboxylic acids is 1. The molecule has 0 unspecified atom stereocenters. The van der Waals surface area contributed by atoms with E-state index >= 15 is 0 Å². The van der Waals surface area contributed by atoms with Gasteiger partial charge in [0.15, 0.2) is 0 Å². The van der Waals surface area contributed by atoms with Crippen molar-refractivity contribution in [2.45, 2.75) is 33.0 Å². The van der Waals surface area contributed by atoms with Gasteiger partial charge in [-0.15, -0.1) is 0 Å². The monoisotopic (exact) mass is 408 g/mol. The third-order valence-corrected chi connectivity index (χ3v) is 4.85. The minimum absolute atomic E-state index is 0.171. The second-order valence-corrected chi connectivity index (χ2v) is 7.42. The van der Waals surface area contributed by atoms with Crippen molar-refractivity contribution in [3.63, 3.8) is 0 Å². The molecular formula is C23H25ClN4O. The lowest BCUT2D eigenvalue weighted by Gasteiger charge is -2.15. The molecule has 5 nitrogen and oxygen atoms in total. The van der Waals surface area contributed by atoms with Crippen LogP contribution < -0.4 is 16.0 Å². The van der Waals surface area contributed by atoms with E-state index in [-0.39, 0.29) is 12.1 Å². The molecule has 1 heterocycles. The van der Waals surface area contributed by atoms with E-state index in [1.807, 2.05) is 48.7 Å². The molecule has 2 aromatic carbocycles. The smallest absolute Gasteiger partial charge is 0.319 e. The minimum Gasteiger partial charge on any atom is -0.334 e. The number of hydrogen-bond donors (Lipinski definition) is 3. The summed E-state index contributed by atoms with van der Waals surface area (Å²) in [7, 11) is 0. The van der Waals surface area contributed by atoms with Crippen LogP contribution in [0.15, 0.2) is 66.9 Å². The van der Waals surface area contributed by atoms with Crippen LogP contribution in [0, 0.1) is 6.92 Å². The van der Waals surface area contributed by atoms with Gasteiger partial charge in [-0.25, -0.2) is 4.79 Å². The number of benzene rings is 2. The lowest BCUT2D eigenvalue weighted by molar-refractivity contribution is 0.251. The molecule has 0 fully saturated rings. The van der Waals surface area contributed by atoms with Crippen LogP contribution in [0.5, 0.6) is 0 Å². The predicted octanol–water partition coefficient (Wildman–Crippen LogP) is 5.22. The molecule has 150 valence electrons. The number of carbonyl (C=O) groups is 1. The van der Waals surface area contributed by atoms with Crippen LogP contribution in [0.1, 0.15) is 35.3 Å². The number of aryl methyl sites for hydroxylation is 1. The average Bonchev–Trinajstić information content (AvgIpc) is 2.72. The Labute approximate surface area is 176 Å². The first-order valence-corrected chi connectivity index (χ1v) is 9.91. The first-order chi connectivity index (χ1) is 14.0. The van der Waals surface area contributed by atoms with Gasteiger partial charge in [-0.2, -0.15) is 0 Å². The Morgan fingerprint density at radius 3 is 2.45 bits per heavy atom. The van der Waals surface area contributed by atoms with Gasteiger partial charge < -0.3 is 16.0 Å². The summed E-state index contributed by atoms with van der Waals surface area (Å²) in [6.45, 7) is 5.31. The van der Waals surface area contributed by atoms with E-state index < -0.39 is 0 Å². The van der Waals surface area contributed by atoms with Crippen molar-refractivity contribution in [2.75, 3.05) is 5.32 Å². The van der Waals surface area contributed by atoms with E-state index in [0.29, 0.717) is 18.1 Å². The average molecular weight is 409 g/mol. The zero-order chi connectivity index (χ0) is 20.6. The molecule has 0 radical (unpaired) electrons. The van der Waals surface area contributed by atoms with Gasteiger partial charge in [0.1, 0.15) is 0 Å².